The first-order valence-electron chi connectivity index (χ1n) is 11.0. The minimum Gasteiger partial charge on any atom is -0.371 e. The van der Waals surface area contributed by atoms with Gasteiger partial charge in [-0.15, -0.1) is 21.5 Å². The van der Waals surface area contributed by atoms with Gasteiger partial charge in [0.05, 0.1) is 16.6 Å². The third-order valence-corrected chi connectivity index (χ3v) is 7.85. The zero-order chi connectivity index (χ0) is 24.5. The molecule has 0 aliphatic carbocycles. The number of ether oxygens (including phenoxy) is 1. The van der Waals surface area contributed by atoms with Crippen molar-refractivity contribution in [2.24, 2.45) is 0 Å². The monoisotopic (exact) mass is 510 g/mol. The molecule has 4 aromatic rings. The number of carbonyl (C=O) groups is 2. The molecule has 10 nitrogen and oxygen atoms in total. The zero-order valence-corrected chi connectivity index (χ0v) is 20.7. The normalized spacial score (nSPS) is 15.4. The summed E-state index contributed by atoms with van der Waals surface area (Å²) >= 11 is 2.41. The number of nitrogens with one attached hydrogen (secondary N) is 2. The molecule has 1 atom stereocenters. The van der Waals surface area contributed by atoms with Crippen LogP contribution in [0.3, 0.4) is 0 Å². The van der Waals surface area contributed by atoms with E-state index in [-0.39, 0.29) is 24.1 Å². The fourth-order valence-corrected chi connectivity index (χ4v) is 5.76. The third kappa shape index (κ3) is 4.72. The van der Waals surface area contributed by atoms with E-state index in [9.17, 15) is 14.4 Å². The molecule has 2 N–H and O–H groups in total. The molecule has 0 saturated carbocycles. The molecular formula is C23H22N6O4S2. The number of anilines is 2. The highest BCUT2D eigenvalue weighted by molar-refractivity contribution is 7.20. The van der Waals surface area contributed by atoms with Crippen LogP contribution in [-0.2, 0) is 16.1 Å². The number of amides is 2. The van der Waals surface area contributed by atoms with E-state index in [4.69, 9.17) is 4.74 Å². The summed E-state index contributed by atoms with van der Waals surface area (Å²) in [6, 6.07) is 7.47. The molecule has 1 aliphatic rings. The summed E-state index contributed by atoms with van der Waals surface area (Å²) in [4.78, 5) is 43.8. The molecule has 1 aromatic carbocycles. The quantitative estimate of drug-likeness (QED) is 0.405. The maximum Gasteiger partial charge on any atom is 0.266 e. The second kappa shape index (κ2) is 9.64. The highest BCUT2D eigenvalue weighted by Crippen LogP contribution is 2.32. The first-order valence-corrected chi connectivity index (χ1v) is 12.6. The Morgan fingerprint density at radius 2 is 2.00 bits per heavy atom. The number of carbonyl (C=O) groups excluding carboxylic acids is 2. The average Bonchev–Trinajstić information content (AvgIpc) is 3.58. The Hall–Kier alpha value is -3.48. The van der Waals surface area contributed by atoms with Crippen LogP contribution in [0.4, 0.5) is 10.8 Å². The van der Waals surface area contributed by atoms with Gasteiger partial charge in [0.2, 0.25) is 11.0 Å². The number of hydrogen-bond acceptors (Lipinski definition) is 9. The van der Waals surface area contributed by atoms with Gasteiger partial charge in [-0.1, -0.05) is 29.5 Å². The summed E-state index contributed by atoms with van der Waals surface area (Å²) in [7, 11) is 0. The Bertz CT molecular complexity index is 1480. The van der Waals surface area contributed by atoms with Crippen molar-refractivity contribution in [2.75, 3.05) is 17.2 Å². The SMILES string of the molecule is Cc1ccccc1NC(=O)c1sc2ncn(CC(=O)Nc3nnc(C4CCCO4)s3)c(=O)c2c1C. The van der Waals surface area contributed by atoms with Crippen molar-refractivity contribution >= 4 is 55.5 Å². The maximum atomic E-state index is 13.1. The summed E-state index contributed by atoms with van der Waals surface area (Å²) in [5, 5.41) is 15.1. The van der Waals surface area contributed by atoms with Crippen molar-refractivity contribution in [1.82, 2.24) is 19.7 Å². The molecule has 1 fully saturated rings. The Morgan fingerprint density at radius 3 is 2.77 bits per heavy atom. The number of nitrogens with zero attached hydrogens (tertiary/aromatic N) is 4. The van der Waals surface area contributed by atoms with Crippen LogP contribution in [0, 0.1) is 13.8 Å². The van der Waals surface area contributed by atoms with Gasteiger partial charge in [0.1, 0.15) is 22.5 Å². The van der Waals surface area contributed by atoms with Gasteiger partial charge in [0, 0.05) is 12.3 Å². The summed E-state index contributed by atoms with van der Waals surface area (Å²) in [5.41, 5.74) is 1.79. The Morgan fingerprint density at radius 1 is 1.17 bits per heavy atom. The van der Waals surface area contributed by atoms with Gasteiger partial charge < -0.3 is 10.1 Å². The molecule has 35 heavy (non-hydrogen) atoms. The number of thiophene rings is 1. The van der Waals surface area contributed by atoms with Gasteiger partial charge in [0.25, 0.3) is 11.5 Å². The van der Waals surface area contributed by atoms with Crippen molar-refractivity contribution in [2.45, 2.75) is 39.3 Å². The van der Waals surface area contributed by atoms with Gasteiger partial charge in [-0.25, -0.2) is 4.98 Å². The van der Waals surface area contributed by atoms with Gasteiger partial charge >= 0.3 is 0 Å². The van der Waals surface area contributed by atoms with Crippen molar-refractivity contribution in [3.63, 3.8) is 0 Å². The number of fused-ring (bicyclic) bond motifs is 1. The van der Waals surface area contributed by atoms with Crippen LogP contribution in [0.15, 0.2) is 35.4 Å². The van der Waals surface area contributed by atoms with E-state index in [1.54, 1.807) is 6.92 Å². The third-order valence-electron chi connectivity index (χ3n) is 5.72. The van der Waals surface area contributed by atoms with E-state index in [2.05, 4.69) is 25.8 Å². The topological polar surface area (TPSA) is 128 Å². The van der Waals surface area contributed by atoms with Gasteiger partial charge in [-0.05, 0) is 43.9 Å². The van der Waals surface area contributed by atoms with Crippen LogP contribution >= 0.6 is 22.7 Å². The molecule has 0 radical (unpaired) electrons. The molecular weight excluding hydrogens is 488 g/mol. The number of benzene rings is 1. The average molecular weight is 511 g/mol. The summed E-state index contributed by atoms with van der Waals surface area (Å²) < 4.78 is 6.82. The molecule has 1 unspecified atom stereocenters. The lowest BCUT2D eigenvalue weighted by molar-refractivity contribution is -0.116. The molecule has 2 amide bonds. The van der Waals surface area contributed by atoms with Gasteiger partial charge in [-0.2, -0.15) is 0 Å². The van der Waals surface area contributed by atoms with E-state index in [0.717, 1.165) is 34.7 Å². The van der Waals surface area contributed by atoms with E-state index >= 15 is 0 Å². The fourth-order valence-electron chi connectivity index (χ4n) is 3.88. The largest absolute Gasteiger partial charge is 0.371 e. The molecule has 1 aliphatic heterocycles. The standard InChI is InChI=1S/C23H22N6O4S2/c1-12-6-3-4-7-14(12)25-19(31)18-13(2)17-21(34-18)24-11-29(22(17)32)10-16(30)26-23-28-27-20(35-23)15-8-5-9-33-15/h3-4,6-7,11,15H,5,8-10H2,1-2H3,(H,25,31)(H,26,28,30). The highest BCUT2D eigenvalue weighted by atomic mass is 32.1. The number of para-hydroxylation sites is 1. The Labute approximate surface area is 208 Å². The number of aromatic nitrogens is 4. The van der Waals surface area contributed by atoms with Crippen molar-refractivity contribution in [3.05, 3.63) is 62.0 Å². The zero-order valence-electron chi connectivity index (χ0n) is 19.0. The number of rotatable bonds is 6. The molecule has 0 spiro atoms. The molecule has 12 heteroatoms. The van der Waals surface area contributed by atoms with Crippen molar-refractivity contribution in [3.8, 4) is 0 Å². The second-order valence-corrected chi connectivity index (χ2v) is 10.2. The van der Waals surface area contributed by atoms with Crippen LogP contribution in [0.2, 0.25) is 0 Å². The predicted molar refractivity (Wildman–Crippen MR) is 134 cm³/mol. The smallest absolute Gasteiger partial charge is 0.266 e. The van der Waals surface area contributed by atoms with E-state index in [1.165, 1.54) is 22.2 Å². The summed E-state index contributed by atoms with van der Waals surface area (Å²) in [5.74, 6) is -0.726. The summed E-state index contributed by atoms with van der Waals surface area (Å²) in [6.45, 7) is 4.08. The van der Waals surface area contributed by atoms with Crippen molar-refractivity contribution in [1.29, 1.82) is 0 Å². The number of aryl methyl sites for hydroxylation is 2. The molecule has 4 heterocycles. The summed E-state index contributed by atoms with van der Waals surface area (Å²) in [6.07, 6.45) is 3.10. The van der Waals surface area contributed by atoms with E-state index in [0.29, 0.717) is 38.1 Å². The van der Waals surface area contributed by atoms with E-state index < -0.39 is 5.91 Å². The Balaban J connectivity index is 1.33. The predicted octanol–water partition coefficient (Wildman–Crippen LogP) is 3.67. The lowest BCUT2D eigenvalue weighted by Gasteiger charge is -2.07. The van der Waals surface area contributed by atoms with Crippen LogP contribution in [0.25, 0.3) is 10.2 Å². The first kappa shape index (κ1) is 23.3. The highest BCUT2D eigenvalue weighted by Gasteiger charge is 2.23. The molecule has 1 saturated heterocycles. The van der Waals surface area contributed by atoms with Crippen LogP contribution < -0.4 is 16.2 Å². The minimum atomic E-state index is -0.423. The molecule has 5 rings (SSSR count). The lowest BCUT2D eigenvalue weighted by atomic mass is 10.2. The minimum absolute atomic E-state index is 0.0776. The van der Waals surface area contributed by atoms with Crippen molar-refractivity contribution < 1.29 is 14.3 Å². The molecule has 180 valence electrons. The fraction of sp³-hybridized carbons (Fsp3) is 0.304. The molecule has 3 aromatic heterocycles. The van der Waals surface area contributed by atoms with E-state index in [1.807, 2.05) is 31.2 Å². The second-order valence-electron chi connectivity index (χ2n) is 8.18. The van der Waals surface area contributed by atoms with Crippen LogP contribution in [0.1, 0.15) is 44.8 Å². The van der Waals surface area contributed by atoms with Gasteiger partial charge in [-0.3, -0.25) is 24.3 Å². The Kier molecular flexibility index (Phi) is 6.41. The molecule has 0 bridgehead atoms. The lowest BCUT2D eigenvalue weighted by Crippen LogP contribution is -2.28. The first-order chi connectivity index (χ1) is 16.9. The van der Waals surface area contributed by atoms with Crippen LogP contribution in [-0.4, -0.2) is 38.2 Å². The maximum absolute atomic E-state index is 13.1. The van der Waals surface area contributed by atoms with Crippen LogP contribution in [0.5, 0.6) is 0 Å². The van der Waals surface area contributed by atoms with Gasteiger partial charge in [0.15, 0.2) is 0 Å². The number of hydrogen-bond donors (Lipinski definition) is 2.